The van der Waals surface area contributed by atoms with Crippen LogP contribution in [0.1, 0.15) is 84.5 Å². The second-order valence-electron chi connectivity index (χ2n) is 6.12. The van der Waals surface area contributed by atoms with Crippen LogP contribution in [-0.2, 0) is 19.1 Å². The minimum absolute atomic E-state index is 0.158. The quantitative estimate of drug-likeness (QED) is 0.242. The Hall–Kier alpha value is -1.32. The second kappa shape index (κ2) is 15.6. The average Bonchev–Trinajstić information content (AvgIpc) is 2.50. The van der Waals surface area contributed by atoms with E-state index in [9.17, 15) is 9.59 Å². The highest BCUT2D eigenvalue weighted by molar-refractivity contribution is 5.70. The third-order valence-corrected chi connectivity index (χ3v) is 3.56. The maximum Gasteiger partial charge on any atom is 0.305 e. The van der Waals surface area contributed by atoms with E-state index in [2.05, 4.69) is 13.5 Å². The molecule has 0 spiro atoms. The summed E-state index contributed by atoms with van der Waals surface area (Å²) in [4.78, 5) is 22.9. The molecule has 0 rings (SSSR count). The Kier molecular flexibility index (Phi) is 14.7. The summed E-state index contributed by atoms with van der Waals surface area (Å²) in [5.41, 5.74) is 1.01. The van der Waals surface area contributed by atoms with Gasteiger partial charge in [-0.3, -0.25) is 9.59 Å². The minimum atomic E-state index is -0.202. The Morgan fingerprint density at radius 3 is 1.83 bits per heavy atom. The maximum atomic E-state index is 11.5. The molecule has 23 heavy (non-hydrogen) atoms. The van der Waals surface area contributed by atoms with Crippen LogP contribution in [0, 0.1) is 0 Å². The SMILES string of the molecule is C=C(C)CCOC(=O)CCCCC(=O)OCCCCCCCC. The normalized spacial score (nSPS) is 10.3. The van der Waals surface area contributed by atoms with Gasteiger partial charge in [0.25, 0.3) is 0 Å². The van der Waals surface area contributed by atoms with Crippen LogP contribution in [0.5, 0.6) is 0 Å². The molecule has 0 bridgehead atoms. The molecule has 4 nitrogen and oxygen atoms in total. The first-order valence-electron chi connectivity index (χ1n) is 9.02. The summed E-state index contributed by atoms with van der Waals surface area (Å²) in [5.74, 6) is -0.360. The Balaban J connectivity index is 3.36. The van der Waals surface area contributed by atoms with Crippen molar-refractivity contribution in [1.29, 1.82) is 0 Å². The van der Waals surface area contributed by atoms with E-state index in [1.807, 2.05) is 6.92 Å². The van der Waals surface area contributed by atoms with E-state index in [4.69, 9.17) is 9.47 Å². The summed E-state index contributed by atoms with van der Waals surface area (Å²) < 4.78 is 10.2. The van der Waals surface area contributed by atoms with Gasteiger partial charge in [-0.1, -0.05) is 44.6 Å². The molecule has 0 fully saturated rings. The summed E-state index contributed by atoms with van der Waals surface area (Å²) in [7, 11) is 0. The van der Waals surface area contributed by atoms with Crippen LogP contribution in [0.15, 0.2) is 12.2 Å². The van der Waals surface area contributed by atoms with Crippen molar-refractivity contribution in [2.75, 3.05) is 13.2 Å². The van der Waals surface area contributed by atoms with Gasteiger partial charge in [0.1, 0.15) is 0 Å². The molecule has 134 valence electrons. The van der Waals surface area contributed by atoms with Crippen molar-refractivity contribution in [3.05, 3.63) is 12.2 Å². The van der Waals surface area contributed by atoms with Gasteiger partial charge in [-0.05, 0) is 26.2 Å². The van der Waals surface area contributed by atoms with E-state index >= 15 is 0 Å². The molecule has 0 saturated carbocycles. The zero-order valence-corrected chi connectivity index (χ0v) is 15.0. The van der Waals surface area contributed by atoms with Gasteiger partial charge in [-0.2, -0.15) is 0 Å². The van der Waals surface area contributed by atoms with Gasteiger partial charge < -0.3 is 9.47 Å². The predicted molar refractivity (Wildman–Crippen MR) is 93.2 cm³/mol. The van der Waals surface area contributed by atoms with E-state index in [0.29, 0.717) is 45.3 Å². The standard InChI is InChI=1S/C19H34O4/c1-4-5-6-7-8-11-15-22-18(20)12-9-10-13-19(21)23-16-14-17(2)3/h2,4-16H2,1,3H3. The third kappa shape index (κ3) is 16.9. The third-order valence-electron chi connectivity index (χ3n) is 3.56. The largest absolute Gasteiger partial charge is 0.466 e. The highest BCUT2D eigenvalue weighted by atomic mass is 16.5. The fourth-order valence-electron chi connectivity index (χ4n) is 2.09. The molecule has 0 amide bonds. The smallest absolute Gasteiger partial charge is 0.305 e. The topological polar surface area (TPSA) is 52.6 Å². The fourth-order valence-corrected chi connectivity index (χ4v) is 2.09. The van der Waals surface area contributed by atoms with Crippen LogP contribution >= 0.6 is 0 Å². The first kappa shape index (κ1) is 21.7. The van der Waals surface area contributed by atoms with Gasteiger partial charge >= 0.3 is 11.9 Å². The van der Waals surface area contributed by atoms with Gasteiger partial charge in [0.05, 0.1) is 13.2 Å². The Bertz CT molecular complexity index is 336. The number of carbonyl (C=O) groups excluding carboxylic acids is 2. The number of unbranched alkanes of at least 4 members (excludes halogenated alkanes) is 6. The molecule has 0 radical (unpaired) electrons. The number of hydrogen-bond acceptors (Lipinski definition) is 4. The number of rotatable bonds is 15. The first-order chi connectivity index (χ1) is 11.1. The molecule has 0 aromatic rings. The molecular formula is C19H34O4. The average molecular weight is 326 g/mol. The highest BCUT2D eigenvalue weighted by Crippen LogP contribution is 2.07. The highest BCUT2D eigenvalue weighted by Gasteiger charge is 2.06. The Morgan fingerprint density at radius 1 is 0.739 bits per heavy atom. The number of carbonyl (C=O) groups is 2. The molecule has 0 heterocycles. The van der Waals surface area contributed by atoms with Crippen molar-refractivity contribution >= 4 is 11.9 Å². The van der Waals surface area contributed by atoms with Crippen molar-refractivity contribution in [2.24, 2.45) is 0 Å². The van der Waals surface area contributed by atoms with E-state index < -0.39 is 0 Å². The van der Waals surface area contributed by atoms with Crippen LogP contribution in [0.4, 0.5) is 0 Å². The molecule has 0 aromatic carbocycles. The maximum absolute atomic E-state index is 11.5. The summed E-state index contributed by atoms with van der Waals surface area (Å²) in [6.45, 7) is 8.78. The molecule has 4 heteroatoms. The van der Waals surface area contributed by atoms with Crippen molar-refractivity contribution in [1.82, 2.24) is 0 Å². The zero-order chi connectivity index (χ0) is 17.3. The molecule has 0 aliphatic carbocycles. The summed E-state index contributed by atoms with van der Waals surface area (Å²) >= 11 is 0. The van der Waals surface area contributed by atoms with Crippen LogP contribution in [-0.4, -0.2) is 25.2 Å². The van der Waals surface area contributed by atoms with Gasteiger partial charge in [0.2, 0.25) is 0 Å². The fraction of sp³-hybridized carbons (Fsp3) is 0.789. The Labute approximate surface area is 141 Å². The zero-order valence-electron chi connectivity index (χ0n) is 15.0. The van der Waals surface area contributed by atoms with Gasteiger partial charge in [-0.15, -0.1) is 6.58 Å². The lowest BCUT2D eigenvalue weighted by atomic mass is 10.1. The summed E-state index contributed by atoms with van der Waals surface area (Å²) in [6.07, 6.45) is 9.89. The molecule has 0 aliphatic heterocycles. The summed E-state index contributed by atoms with van der Waals surface area (Å²) in [6, 6.07) is 0. The molecule has 0 atom stereocenters. The van der Waals surface area contributed by atoms with Crippen molar-refractivity contribution in [2.45, 2.75) is 84.5 Å². The predicted octanol–water partition coefficient (Wildman–Crippen LogP) is 4.96. The molecule has 0 N–H and O–H groups in total. The van der Waals surface area contributed by atoms with Crippen LogP contribution in [0.25, 0.3) is 0 Å². The van der Waals surface area contributed by atoms with E-state index in [1.165, 1.54) is 25.7 Å². The summed E-state index contributed by atoms with van der Waals surface area (Å²) in [5, 5.41) is 0. The van der Waals surface area contributed by atoms with Gasteiger partial charge in [0.15, 0.2) is 0 Å². The van der Waals surface area contributed by atoms with Crippen molar-refractivity contribution in [3.63, 3.8) is 0 Å². The minimum Gasteiger partial charge on any atom is -0.466 e. The number of hydrogen-bond donors (Lipinski definition) is 0. The molecule has 0 aliphatic rings. The van der Waals surface area contributed by atoms with Crippen LogP contribution in [0.2, 0.25) is 0 Å². The monoisotopic (exact) mass is 326 g/mol. The van der Waals surface area contributed by atoms with E-state index in [-0.39, 0.29) is 11.9 Å². The number of ether oxygens (including phenoxy) is 2. The second-order valence-corrected chi connectivity index (χ2v) is 6.12. The van der Waals surface area contributed by atoms with E-state index in [1.54, 1.807) is 0 Å². The molecule has 0 aromatic heterocycles. The van der Waals surface area contributed by atoms with Gasteiger partial charge in [0, 0.05) is 19.3 Å². The molecule has 0 unspecified atom stereocenters. The molecule has 0 saturated heterocycles. The lowest BCUT2D eigenvalue weighted by molar-refractivity contribution is -0.146. The van der Waals surface area contributed by atoms with E-state index in [0.717, 1.165) is 18.4 Å². The van der Waals surface area contributed by atoms with Gasteiger partial charge in [-0.25, -0.2) is 0 Å². The van der Waals surface area contributed by atoms with Crippen LogP contribution < -0.4 is 0 Å². The molecular weight excluding hydrogens is 292 g/mol. The number of esters is 2. The van der Waals surface area contributed by atoms with Crippen molar-refractivity contribution < 1.29 is 19.1 Å². The van der Waals surface area contributed by atoms with Crippen molar-refractivity contribution in [3.8, 4) is 0 Å². The Morgan fingerprint density at radius 2 is 1.26 bits per heavy atom. The lowest BCUT2D eigenvalue weighted by Gasteiger charge is -2.06. The first-order valence-corrected chi connectivity index (χ1v) is 9.02. The van der Waals surface area contributed by atoms with Crippen LogP contribution in [0.3, 0.4) is 0 Å². The lowest BCUT2D eigenvalue weighted by Crippen LogP contribution is -2.08.